The van der Waals surface area contributed by atoms with Gasteiger partial charge in [-0.15, -0.1) is 0 Å². The Morgan fingerprint density at radius 3 is 2.87 bits per heavy atom. The number of benzene rings is 2. The van der Waals surface area contributed by atoms with Crippen LogP contribution >= 0.6 is 0 Å². The summed E-state index contributed by atoms with van der Waals surface area (Å²) in [6.45, 7) is 4.94. The summed E-state index contributed by atoms with van der Waals surface area (Å²) in [6, 6.07) is 13.8. The van der Waals surface area contributed by atoms with E-state index < -0.39 is 0 Å². The van der Waals surface area contributed by atoms with Gasteiger partial charge < -0.3 is 19.1 Å². The third-order valence-electron chi connectivity index (χ3n) is 6.63. The molecule has 1 amide bonds. The van der Waals surface area contributed by atoms with Crippen molar-refractivity contribution in [2.24, 2.45) is 5.41 Å². The van der Waals surface area contributed by atoms with Crippen molar-refractivity contribution in [1.82, 2.24) is 9.80 Å². The molecule has 6 heteroatoms. The van der Waals surface area contributed by atoms with E-state index in [2.05, 4.69) is 23.1 Å². The number of methoxy groups -OCH3 is 1. The van der Waals surface area contributed by atoms with Gasteiger partial charge in [-0.1, -0.05) is 12.1 Å². The number of piperidine rings is 1. The molecular weight excluding hydrogens is 380 g/mol. The average Bonchev–Trinajstić information content (AvgIpc) is 3.40. The summed E-state index contributed by atoms with van der Waals surface area (Å²) in [5, 5.41) is 0. The number of nitrogens with zero attached hydrogens (tertiary/aromatic N) is 2. The van der Waals surface area contributed by atoms with E-state index in [0.717, 1.165) is 44.9 Å². The molecule has 1 spiro atoms. The maximum absolute atomic E-state index is 13.1. The molecule has 2 aromatic rings. The highest BCUT2D eigenvalue weighted by Gasteiger charge is 2.43. The Bertz CT molecular complexity index is 947. The van der Waals surface area contributed by atoms with Gasteiger partial charge in [0.1, 0.15) is 5.75 Å². The number of hydrogen-bond acceptors (Lipinski definition) is 5. The lowest BCUT2D eigenvalue weighted by atomic mass is 9.79. The van der Waals surface area contributed by atoms with Crippen LogP contribution < -0.4 is 14.2 Å². The van der Waals surface area contributed by atoms with Crippen LogP contribution in [-0.2, 0) is 6.54 Å². The molecule has 3 heterocycles. The Morgan fingerprint density at radius 1 is 1.07 bits per heavy atom. The molecule has 0 aromatic heterocycles. The number of ether oxygens (including phenoxy) is 3. The molecule has 2 saturated heterocycles. The Kier molecular flexibility index (Phi) is 5.03. The van der Waals surface area contributed by atoms with Gasteiger partial charge in [0.05, 0.1) is 7.11 Å². The molecule has 0 N–H and O–H groups in total. The van der Waals surface area contributed by atoms with Crippen molar-refractivity contribution < 1.29 is 19.0 Å². The van der Waals surface area contributed by atoms with Crippen LogP contribution in [0.2, 0.25) is 0 Å². The Labute approximate surface area is 177 Å². The molecule has 0 radical (unpaired) electrons. The van der Waals surface area contributed by atoms with Gasteiger partial charge in [0.2, 0.25) is 6.79 Å². The fraction of sp³-hybridized carbons (Fsp3) is 0.458. The van der Waals surface area contributed by atoms with Gasteiger partial charge in [0, 0.05) is 37.2 Å². The minimum atomic E-state index is 0.0927. The quantitative estimate of drug-likeness (QED) is 0.774. The monoisotopic (exact) mass is 408 g/mol. The fourth-order valence-corrected chi connectivity index (χ4v) is 5.13. The number of rotatable bonds is 4. The van der Waals surface area contributed by atoms with Crippen LogP contribution in [0.3, 0.4) is 0 Å². The summed E-state index contributed by atoms with van der Waals surface area (Å²) >= 11 is 0. The van der Waals surface area contributed by atoms with Crippen molar-refractivity contribution in [3.63, 3.8) is 0 Å². The second kappa shape index (κ2) is 7.84. The summed E-state index contributed by atoms with van der Waals surface area (Å²) < 4.78 is 16.2. The molecule has 6 nitrogen and oxygen atoms in total. The normalized spacial score (nSPS) is 23.2. The minimum absolute atomic E-state index is 0.0927. The van der Waals surface area contributed by atoms with Crippen LogP contribution in [0.5, 0.6) is 17.2 Å². The van der Waals surface area contributed by atoms with E-state index in [1.807, 2.05) is 29.2 Å². The van der Waals surface area contributed by atoms with Crippen molar-refractivity contribution in [3.05, 3.63) is 53.6 Å². The van der Waals surface area contributed by atoms with Gasteiger partial charge in [-0.25, -0.2) is 0 Å². The molecule has 0 saturated carbocycles. The van der Waals surface area contributed by atoms with Crippen molar-refractivity contribution in [2.75, 3.05) is 40.1 Å². The molecule has 1 unspecified atom stereocenters. The first-order chi connectivity index (χ1) is 14.6. The number of hydrogen-bond donors (Lipinski definition) is 0. The molecule has 158 valence electrons. The second-order valence-electron chi connectivity index (χ2n) is 8.71. The van der Waals surface area contributed by atoms with Crippen LogP contribution in [0, 0.1) is 5.41 Å². The molecule has 5 rings (SSSR count). The van der Waals surface area contributed by atoms with E-state index in [1.165, 1.54) is 18.4 Å². The Balaban J connectivity index is 1.25. The number of carbonyl (C=O) groups is 1. The number of likely N-dealkylation sites (tertiary alicyclic amines) is 2. The number of carbonyl (C=O) groups excluding carboxylic acids is 1. The largest absolute Gasteiger partial charge is 0.497 e. The topological polar surface area (TPSA) is 51.2 Å². The van der Waals surface area contributed by atoms with Crippen molar-refractivity contribution >= 4 is 5.91 Å². The van der Waals surface area contributed by atoms with Crippen LogP contribution in [0.25, 0.3) is 0 Å². The summed E-state index contributed by atoms with van der Waals surface area (Å²) in [5.74, 6) is 2.37. The average molecular weight is 408 g/mol. The van der Waals surface area contributed by atoms with E-state index >= 15 is 0 Å². The smallest absolute Gasteiger partial charge is 0.254 e. The lowest BCUT2D eigenvalue weighted by Gasteiger charge is -2.40. The third-order valence-corrected chi connectivity index (χ3v) is 6.63. The zero-order valence-electron chi connectivity index (χ0n) is 17.4. The van der Waals surface area contributed by atoms with Gasteiger partial charge in [-0.05, 0) is 61.7 Å². The van der Waals surface area contributed by atoms with Crippen molar-refractivity contribution in [1.29, 1.82) is 0 Å². The highest BCUT2D eigenvalue weighted by Crippen LogP contribution is 2.40. The SMILES string of the molecule is COc1cccc(CN2CCCC3(CCN(C(=O)c4ccc5c(c4)OCO5)C3)C2)c1. The van der Waals surface area contributed by atoms with Gasteiger partial charge in [0.25, 0.3) is 5.91 Å². The number of amides is 1. The molecule has 30 heavy (non-hydrogen) atoms. The molecule has 1 atom stereocenters. The minimum Gasteiger partial charge on any atom is -0.497 e. The zero-order valence-corrected chi connectivity index (χ0v) is 17.4. The van der Waals surface area contributed by atoms with Crippen LogP contribution in [0.1, 0.15) is 35.2 Å². The lowest BCUT2D eigenvalue weighted by Crippen LogP contribution is -2.45. The first kappa shape index (κ1) is 19.2. The zero-order chi connectivity index (χ0) is 20.6. The van der Waals surface area contributed by atoms with Crippen LogP contribution in [0.15, 0.2) is 42.5 Å². The standard InChI is InChI=1S/C24H28N2O4/c1-28-20-5-2-4-18(12-20)14-25-10-3-8-24(15-25)9-11-26(16-24)23(27)19-6-7-21-22(13-19)30-17-29-21/h2,4-7,12-13H,3,8-11,14-17H2,1H3. The van der Waals surface area contributed by atoms with Gasteiger partial charge >= 0.3 is 0 Å². The van der Waals surface area contributed by atoms with E-state index in [4.69, 9.17) is 14.2 Å². The van der Waals surface area contributed by atoms with E-state index in [0.29, 0.717) is 17.1 Å². The summed E-state index contributed by atoms with van der Waals surface area (Å²) in [6.07, 6.45) is 3.43. The third kappa shape index (κ3) is 3.72. The molecular formula is C24H28N2O4. The molecule has 2 fully saturated rings. The van der Waals surface area contributed by atoms with Crippen molar-refractivity contribution in [2.45, 2.75) is 25.8 Å². The lowest BCUT2D eigenvalue weighted by molar-refractivity contribution is 0.0675. The van der Waals surface area contributed by atoms with Gasteiger partial charge in [-0.2, -0.15) is 0 Å². The van der Waals surface area contributed by atoms with E-state index in [9.17, 15) is 4.79 Å². The molecule has 2 aromatic carbocycles. The molecule has 0 aliphatic carbocycles. The maximum Gasteiger partial charge on any atom is 0.254 e. The summed E-state index contributed by atoms with van der Waals surface area (Å²) in [7, 11) is 1.71. The second-order valence-corrected chi connectivity index (χ2v) is 8.71. The van der Waals surface area contributed by atoms with Crippen LogP contribution in [0.4, 0.5) is 0 Å². The maximum atomic E-state index is 13.1. The summed E-state index contributed by atoms with van der Waals surface area (Å²) in [5.41, 5.74) is 2.15. The Hall–Kier alpha value is -2.73. The Morgan fingerprint density at radius 2 is 1.97 bits per heavy atom. The molecule has 3 aliphatic rings. The highest BCUT2D eigenvalue weighted by molar-refractivity contribution is 5.95. The van der Waals surface area contributed by atoms with Gasteiger partial charge in [-0.3, -0.25) is 9.69 Å². The number of fused-ring (bicyclic) bond motifs is 1. The highest BCUT2D eigenvalue weighted by atomic mass is 16.7. The van der Waals surface area contributed by atoms with Gasteiger partial charge in [0.15, 0.2) is 11.5 Å². The molecule has 0 bridgehead atoms. The van der Waals surface area contributed by atoms with Crippen molar-refractivity contribution in [3.8, 4) is 17.2 Å². The summed E-state index contributed by atoms with van der Waals surface area (Å²) in [4.78, 5) is 17.7. The first-order valence-corrected chi connectivity index (χ1v) is 10.7. The van der Waals surface area contributed by atoms with Crippen LogP contribution in [-0.4, -0.2) is 55.8 Å². The van der Waals surface area contributed by atoms with E-state index in [-0.39, 0.29) is 18.1 Å². The first-order valence-electron chi connectivity index (χ1n) is 10.7. The molecule has 3 aliphatic heterocycles. The predicted octanol–water partition coefficient (Wildman–Crippen LogP) is 3.55. The van der Waals surface area contributed by atoms with E-state index in [1.54, 1.807) is 7.11 Å². The predicted molar refractivity (Wildman–Crippen MR) is 113 cm³/mol. The fourth-order valence-electron chi connectivity index (χ4n) is 5.13.